The highest BCUT2D eigenvalue weighted by Gasteiger charge is 2.22. The lowest BCUT2D eigenvalue weighted by atomic mass is 10.2. The molecule has 1 amide bonds. The van der Waals surface area contributed by atoms with Gasteiger partial charge in [0.1, 0.15) is 17.7 Å². The van der Waals surface area contributed by atoms with Crippen LogP contribution in [-0.2, 0) is 14.3 Å². The Morgan fingerprint density at radius 1 is 1.13 bits per heavy atom. The fraction of sp³-hybridized carbons (Fsp3) is 0.444. The predicted molar refractivity (Wildman–Crippen MR) is 89.9 cm³/mol. The number of ether oxygens (including phenoxy) is 2. The second kappa shape index (κ2) is 8.36. The molecule has 1 N–H and O–H groups in total. The van der Waals surface area contributed by atoms with E-state index in [4.69, 9.17) is 9.47 Å². The van der Waals surface area contributed by atoms with Crippen LogP contribution in [0.4, 0.5) is 4.79 Å². The van der Waals surface area contributed by atoms with Crippen molar-refractivity contribution in [2.45, 2.75) is 52.4 Å². The monoisotopic (exact) mass is 319 g/mol. The molecule has 0 heterocycles. The maximum atomic E-state index is 11.9. The second-order valence-electron chi connectivity index (χ2n) is 6.28. The average molecular weight is 319 g/mol. The molecule has 0 bridgehead atoms. The molecular weight excluding hydrogens is 294 g/mol. The van der Waals surface area contributed by atoms with E-state index in [0.717, 1.165) is 5.56 Å². The van der Waals surface area contributed by atoms with Crippen LogP contribution in [0.3, 0.4) is 0 Å². The van der Waals surface area contributed by atoms with Gasteiger partial charge in [0, 0.05) is 0 Å². The van der Waals surface area contributed by atoms with Crippen LogP contribution in [0.5, 0.6) is 0 Å². The minimum atomic E-state index is -0.780. The van der Waals surface area contributed by atoms with Crippen molar-refractivity contribution in [3.05, 3.63) is 42.0 Å². The van der Waals surface area contributed by atoms with Crippen molar-refractivity contribution >= 4 is 18.1 Å². The molecule has 2 atom stereocenters. The molecular formula is C18H25NO4. The van der Waals surface area contributed by atoms with Crippen molar-refractivity contribution in [1.82, 2.24) is 5.32 Å². The molecule has 23 heavy (non-hydrogen) atoms. The Labute approximate surface area is 137 Å². The first-order valence-electron chi connectivity index (χ1n) is 7.60. The number of benzene rings is 1. The molecule has 5 heteroatoms. The van der Waals surface area contributed by atoms with Crippen molar-refractivity contribution in [2.75, 3.05) is 0 Å². The number of hydrogen-bond donors (Lipinski definition) is 1. The molecule has 1 unspecified atom stereocenters. The van der Waals surface area contributed by atoms with Gasteiger partial charge >= 0.3 is 12.1 Å². The molecule has 0 aliphatic carbocycles. The summed E-state index contributed by atoms with van der Waals surface area (Å²) in [5.41, 5.74) is 0.412. The van der Waals surface area contributed by atoms with Gasteiger partial charge in [-0.05, 0) is 46.3 Å². The highest BCUT2D eigenvalue weighted by atomic mass is 16.6. The normalized spacial score (nSPS) is 14.1. The lowest BCUT2D eigenvalue weighted by Crippen LogP contribution is -2.43. The summed E-state index contributed by atoms with van der Waals surface area (Å²) in [5, 5.41) is 2.46. The van der Waals surface area contributed by atoms with Crippen molar-refractivity contribution in [3.8, 4) is 0 Å². The van der Waals surface area contributed by atoms with E-state index in [1.807, 2.05) is 36.4 Å². The van der Waals surface area contributed by atoms with Gasteiger partial charge in [-0.3, -0.25) is 0 Å². The largest absolute Gasteiger partial charge is 0.457 e. The van der Waals surface area contributed by atoms with Gasteiger partial charge in [-0.25, -0.2) is 9.59 Å². The third-order valence-electron chi connectivity index (χ3n) is 2.75. The Kier molecular flexibility index (Phi) is 6.82. The molecule has 0 spiro atoms. The van der Waals surface area contributed by atoms with Gasteiger partial charge in [0.25, 0.3) is 0 Å². The van der Waals surface area contributed by atoms with Crippen molar-refractivity contribution < 1.29 is 19.1 Å². The Morgan fingerprint density at radius 3 is 2.30 bits per heavy atom. The fourth-order valence-corrected chi connectivity index (χ4v) is 1.68. The summed E-state index contributed by atoms with van der Waals surface area (Å²) in [5.74, 6) is -0.513. The van der Waals surface area contributed by atoms with Gasteiger partial charge in [0.05, 0.1) is 0 Å². The van der Waals surface area contributed by atoms with E-state index < -0.39 is 29.8 Å². The molecule has 1 aromatic carbocycles. The quantitative estimate of drug-likeness (QED) is 0.843. The molecule has 0 saturated carbocycles. The number of alkyl carbamates (subject to hydrolysis) is 1. The van der Waals surface area contributed by atoms with Crippen LogP contribution in [-0.4, -0.2) is 29.8 Å². The van der Waals surface area contributed by atoms with Crippen LogP contribution in [0.1, 0.15) is 40.2 Å². The summed E-state index contributed by atoms with van der Waals surface area (Å²) >= 11 is 0. The number of hydrogen-bond acceptors (Lipinski definition) is 4. The van der Waals surface area contributed by atoms with Gasteiger partial charge in [0.2, 0.25) is 0 Å². The van der Waals surface area contributed by atoms with Crippen molar-refractivity contribution in [3.63, 3.8) is 0 Å². The molecule has 0 radical (unpaired) electrons. The third-order valence-corrected chi connectivity index (χ3v) is 2.75. The summed E-state index contributed by atoms with van der Waals surface area (Å²) in [6, 6.07) is 8.93. The van der Waals surface area contributed by atoms with E-state index in [2.05, 4.69) is 5.32 Å². The Morgan fingerprint density at radius 2 is 1.74 bits per heavy atom. The molecule has 0 fully saturated rings. The van der Waals surface area contributed by atoms with E-state index in [-0.39, 0.29) is 0 Å². The first-order valence-corrected chi connectivity index (χ1v) is 7.60. The fourth-order valence-electron chi connectivity index (χ4n) is 1.68. The Hall–Kier alpha value is -2.30. The minimum Gasteiger partial charge on any atom is -0.457 e. The summed E-state index contributed by atoms with van der Waals surface area (Å²) in [6.45, 7) is 8.58. The average Bonchev–Trinajstić information content (AvgIpc) is 2.44. The first kappa shape index (κ1) is 18.7. The van der Waals surface area contributed by atoms with Gasteiger partial charge < -0.3 is 14.8 Å². The van der Waals surface area contributed by atoms with Crippen LogP contribution >= 0.6 is 0 Å². The number of amides is 1. The second-order valence-corrected chi connectivity index (χ2v) is 6.28. The standard InChI is InChI=1S/C18H25NO4/c1-13(11-12-15-9-7-6-8-10-15)22-16(20)14(2)19-17(21)23-18(3,4)5/h6-14H,1-5H3,(H,19,21)/b12-11+/t13-,14?/m0/s1. The van der Waals surface area contributed by atoms with E-state index in [1.54, 1.807) is 40.7 Å². The third kappa shape index (κ3) is 8.04. The van der Waals surface area contributed by atoms with Crippen LogP contribution in [0.15, 0.2) is 36.4 Å². The van der Waals surface area contributed by atoms with Gasteiger partial charge in [-0.1, -0.05) is 36.4 Å². The molecule has 0 aliphatic heterocycles. The minimum absolute atomic E-state index is 0.398. The topological polar surface area (TPSA) is 64.6 Å². The zero-order valence-electron chi connectivity index (χ0n) is 14.3. The summed E-state index contributed by atoms with van der Waals surface area (Å²) in [7, 11) is 0. The maximum absolute atomic E-state index is 11.9. The van der Waals surface area contributed by atoms with E-state index in [0.29, 0.717) is 0 Å². The van der Waals surface area contributed by atoms with Crippen LogP contribution in [0, 0.1) is 0 Å². The van der Waals surface area contributed by atoms with Crippen LogP contribution in [0.2, 0.25) is 0 Å². The van der Waals surface area contributed by atoms with Crippen LogP contribution < -0.4 is 5.32 Å². The number of nitrogens with one attached hydrogen (secondary N) is 1. The molecule has 0 saturated heterocycles. The molecule has 0 aliphatic rings. The lowest BCUT2D eigenvalue weighted by molar-refractivity contribution is -0.148. The van der Waals surface area contributed by atoms with E-state index >= 15 is 0 Å². The number of carbonyl (C=O) groups excluding carboxylic acids is 2. The SMILES string of the molecule is CC(NC(=O)OC(C)(C)C)C(=O)O[C@@H](C)/C=C/c1ccccc1. The number of carbonyl (C=O) groups is 2. The molecule has 0 aromatic heterocycles. The smallest absolute Gasteiger partial charge is 0.408 e. The highest BCUT2D eigenvalue weighted by Crippen LogP contribution is 2.08. The number of esters is 1. The van der Waals surface area contributed by atoms with Crippen LogP contribution in [0.25, 0.3) is 6.08 Å². The summed E-state index contributed by atoms with van der Waals surface area (Å²) in [4.78, 5) is 23.6. The predicted octanol–water partition coefficient (Wildman–Crippen LogP) is 3.54. The molecule has 5 nitrogen and oxygen atoms in total. The summed E-state index contributed by atoms with van der Waals surface area (Å²) < 4.78 is 10.4. The Bertz CT molecular complexity index is 546. The van der Waals surface area contributed by atoms with Gasteiger partial charge in [-0.15, -0.1) is 0 Å². The molecule has 1 rings (SSSR count). The molecule has 1 aromatic rings. The highest BCUT2D eigenvalue weighted by molar-refractivity contribution is 5.81. The van der Waals surface area contributed by atoms with Gasteiger partial charge in [0.15, 0.2) is 0 Å². The Balaban J connectivity index is 2.45. The zero-order valence-corrected chi connectivity index (χ0v) is 14.3. The summed E-state index contributed by atoms with van der Waals surface area (Å²) in [6.07, 6.45) is 2.62. The number of rotatable bonds is 5. The zero-order chi connectivity index (χ0) is 17.5. The first-order chi connectivity index (χ1) is 10.7. The van der Waals surface area contributed by atoms with Crippen molar-refractivity contribution in [1.29, 1.82) is 0 Å². The van der Waals surface area contributed by atoms with E-state index in [9.17, 15) is 9.59 Å². The van der Waals surface area contributed by atoms with E-state index in [1.165, 1.54) is 0 Å². The van der Waals surface area contributed by atoms with Gasteiger partial charge in [-0.2, -0.15) is 0 Å². The van der Waals surface area contributed by atoms with Crippen molar-refractivity contribution in [2.24, 2.45) is 0 Å². The maximum Gasteiger partial charge on any atom is 0.408 e. The lowest BCUT2D eigenvalue weighted by Gasteiger charge is -2.21. The molecule has 126 valence electrons.